The van der Waals surface area contributed by atoms with Crippen LogP contribution in [0.2, 0.25) is 0 Å². The topological polar surface area (TPSA) is 214 Å². The lowest BCUT2D eigenvalue weighted by Gasteiger charge is -2.06. The first kappa shape index (κ1) is 27.1. The smallest absolute Gasteiger partial charge is 0.357 e. The molecule has 0 radical (unpaired) electrons. The van der Waals surface area contributed by atoms with Crippen LogP contribution in [0.5, 0.6) is 11.5 Å². The molecule has 0 spiro atoms. The summed E-state index contributed by atoms with van der Waals surface area (Å²) in [5, 5.41) is 31.7. The normalized spacial score (nSPS) is 12.5. The minimum absolute atomic E-state index is 0.00560. The predicted molar refractivity (Wildman–Crippen MR) is 137 cm³/mol. The van der Waals surface area contributed by atoms with E-state index in [0.29, 0.717) is 5.69 Å². The summed E-state index contributed by atoms with van der Waals surface area (Å²) in [6.45, 7) is 0. The van der Waals surface area contributed by atoms with Gasteiger partial charge >= 0.3 is 34.2 Å². The van der Waals surface area contributed by atoms with E-state index in [2.05, 4.69) is 37.0 Å². The molecule has 19 heteroatoms. The molecular weight excluding hydrogens is 663 g/mol. The van der Waals surface area contributed by atoms with Crippen LogP contribution in [-0.2, 0) is 22.7 Å². The van der Waals surface area contributed by atoms with Crippen LogP contribution in [0.25, 0.3) is 22.8 Å². The van der Waals surface area contributed by atoms with Crippen molar-refractivity contribution < 1.29 is 40.5 Å². The predicted octanol–water partition coefficient (Wildman–Crippen LogP) is 2.66. The molecule has 0 fully saturated rings. The average Bonchev–Trinajstić information content (AvgIpc) is 3.28. The van der Waals surface area contributed by atoms with Gasteiger partial charge in [0.2, 0.25) is 0 Å². The molecule has 0 saturated heterocycles. The Balaban J connectivity index is 1.97. The number of nitro benzene ring substituents is 2. The molecule has 196 valence electrons. The van der Waals surface area contributed by atoms with Gasteiger partial charge in [0.15, 0.2) is 5.75 Å². The van der Waals surface area contributed by atoms with Crippen LogP contribution >= 0.6 is 22.6 Å². The Morgan fingerprint density at radius 2 is 1.61 bits per heavy atom. The van der Waals surface area contributed by atoms with Crippen LogP contribution < -0.4 is 13.2 Å². The van der Waals surface area contributed by atoms with E-state index in [1.54, 1.807) is 24.3 Å². The van der Waals surface area contributed by atoms with Crippen LogP contribution in [0, 0.1) is 23.8 Å². The first-order valence-corrected chi connectivity index (χ1v) is 13.0. The third-order valence-electron chi connectivity index (χ3n) is 4.72. The summed E-state index contributed by atoms with van der Waals surface area (Å²) in [7, 11) is 0. The molecule has 1 aromatic heterocycles. The molecule has 2 atom stereocenters. The minimum atomic E-state index is -2.83. The number of benzene rings is 3. The summed E-state index contributed by atoms with van der Waals surface area (Å²) in [4.78, 5) is 23.6. The third-order valence-corrected chi connectivity index (χ3v) is 6.10. The molecule has 0 saturated carbocycles. The first-order valence-electron chi connectivity index (χ1n) is 9.85. The van der Waals surface area contributed by atoms with Crippen LogP contribution in [0.1, 0.15) is 0 Å². The molecule has 38 heavy (non-hydrogen) atoms. The maximum Gasteiger partial charge on any atom is 0.357 e. The van der Waals surface area contributed by atoms with Gasteiger partial charge in [0.25, 0.3) is 11.4 Å². The highest BCUT2D eigenvalue weighted by Gasteiger charge is 2.32. The van der Waals surface area contributed by atoms with E-state index in [9.17, 15) is 33.2 Å². The highest BCUT2D eigenvalue weighted by molar-refractivity contribution is 14.1. The van der Waals surface area contributed by atoms with Crippen molar-refractivity contribution in [3.63, 3.8) is 0 Å². The Morgan fingerprint density at radius 3 is 2.21 bits per heavy atom. The maximum atomic E-state index is 11.8. The Morgan fingerprint density at radius 1 is 0.921 bits per heavy atom. The fraction of sp³-hybridized carbons (Fsp3) is 0. The number of halogens is 1. The highest BCUT2D eigenvalue weighted by atomic mass is 127. The van der Waals surface area contributed by atoms with Gasteiger partial charge in [-0.15, -0.1) is 0 Å². The van der Waals surface area contributed by atoms with Gasteiger partial charge in [0, 0.05) is 26.6 Å². The lowest BCUT2D eigenvalue weighted by atomic mass is 10.2. The molecule has 3 aromatic carbocycles. The van der Waals surface area contributed by atoms with Gasteiger partial charge in [-0.1, -0.05) is 0 Å². The van der Waals surface area contributed by atoms with E-state index < -0.39 is 43.9 Å². The second-order valence-corrected chi connectivity index (χ2v) is 9.47. The summed E-state index contributed by atoms with van der Waals surface area (Å²) < 4.78 is 51.1. The Bertz CT molecular complexity index is 1610. The van der Waals surface area contributed by atoms with Gasteiger partial charge in [0.05, 0.1) is 26.6 Å². The molecule has 0 amide bonds. The third kappa shape index (κ3) is 5.96. The zero-order valence-corrected chi connectivity index (χ0v) is 22.1. The maximum absolute atomic E-state index is 11.8. The Kier molecular flexibility index (Phi) is 8.01. The number of tetrazole rings is 1. The van der Waals surface area contributed by atoms with E-state index in [-0.39, 0.29) is 28.6 Å². The number of hydrogen-bond acceptors (Lipinski definition) is 10. The quantitative estimate of drug-likeness (QED) is 0.0862. The monoisotopic (exact) mass is 675 g/mol. The van der Waals surface area contributed by atoms with Gasteiger partial charge in [-0.05, 0) is 68.9 Å². The van der Waals surface area contributed by atoms with E-state index in [0.717, 1.165) is 32.6 Å². The summed E-state index contributed by atoms with van der Waals surface area (Å²) in [6, 6.07) is 13.3. The Labute approximate surface area is 230 Å². The van der Waals surface area contributed by atoms with Crippen molar-refractivity contribution in [2.75, 3.05) is 0 Å². The molecule has 0 bridgehead atoms. The van der Waals surface area contributed by atoms with Gasteiger partial charge in [0.1, 0.15) is 11.4 Å². The van der Waals surface area contributed by atoms with Crippen LogP contribution in [0.3, 0.4) is 0 Å². The molecule has 0 aliphatic carbocycles. The first-order chi connectivity index (χ1) is 18.0. The van der Waals surface area contributed by atoms with E-state index in [4.69, 9.17) is 8.74 Å². The summed E-state index contributed by atoms with van der Waals surface area (Å²) in [5.74, 6) is -0.668. The van der Waals surface area contributed by atoms with Crippen molar-refractivity contribution in [3.05, 3.63) is 84.5 Å². The summed E-state index contributed by atoms with van der Waals surface area (Å²) in [6.07, 6.45) is 0. The standard InChI is InChI=1S/C19H11IN6O10S2/c20-11-1-3-12(4-2-11)23-21-19(15-7-6-14(35-37(31)32)10-18(15)36-38(33)34)22-24(23)16-8-5-13(25(27)28)9-17(16)26(29)30/h1-10H,(H-,31,32,33,34)/p+1. The second-order valence-electron chi connectivity index (χ2n) is 7.03. The lowest BCUT2D eigenvalue weighted by molar-refractivity contribution is -0.736. The molecule has 2 unspecified atom stereocenters. The van der Waals surface area contributed by atoms with Crippen molar-refractivity contribution in [1.82, 2.24) is 15.0 Å². The summed E-state index contributed by atoms with van der Waals surface area (Å²) in [5.41, 5.74) is -0.940. The van der Waals surface area contributed by atoms with E-state index >= 15 is 0 Å². The van der Waals surface area contributed by atoms with Crippen molar-refractivity contribution >= 4 is 56.7 Å². The van der Waals surface area contributed by atoms with E-state index in [1.807, 2.05) is 0 Å². The molecule has 0 aliphatic rings. The fourth-order valence-corrected chi connectivity index (χ4v) is 4.12. The van der Waals surface area contributed by atoms with Gasteiger partial charge in [-0.2, -0.15) is 8.42 Å². The number of nitro groups is 2. The zero-order chi connectivity index (χ0) is 27.6. The van der Waals surface area contributed by atoms with Crippen molar-refractivity contribution in [2.45, 2.75) is 0 Å². The van der Waals surface area contributed by atoms with Crippen LogP contribution in [0.15, 0.2) is 60.7 Å². The highest BCUT2D eigenvalue weighted by Crippen LogP contribution is 2.33. The minimum Gasteiger partial charge on any atom is -0.380 e. The number of nitrogens with zero attached hydrogens (tertiary/aromatic N) is 6. The molecular formula is C19H12IN6O10S2+. The molecule has 16 nitrogen and oxygen atoms in total. The largest absolute Gasteiger partial charge is 0.380 e. The SMILES string of the molecule is O=[N+]([O-])c1ccc(-[n+]2nc(-c3ccc(OS(=O)O)cc3OS(=O)O)nn2-c2ccc(I)cc2)c([N+](=O)[O-])c1. The van der Waals surface area contributed by atoms with Gasteiger partial charge in [-0.25, -0.2) is 0 Å². The van der Waals surface area contributed by atoms with Crippen LogP contribution in [-0.4, -0.2) is 42.4 Å². The second kappa shape index (κ2) is 11.2. The molecule has 0 aliphatic heterocycles. The fourth-order valence-electron chi connectivity index (χ4n) is 3.20. The molecule has 4 aromatic rings. The number of aromatic nitrogens is 4. The molecule has 2 N–H and O–H groups in total. The van der Waals surface area contributed by atoms with Crippen molar-refractivity contribution in [3.8, 4) is 34.3 Å². The summed E-state index contributed by atoms with van der Waals surface area (Å²) >= 11 is -3.45. The average molecular weight is 675 g/mol. The van der Waals surface area contributed by atoms with E-state index in [1.165, 1.54) is 16.9 Å². The zero-order valence-electron chi connectivity index (χ0n) is 18.3. The Hall–Kier alpha value is -3.92. The van der Waals surface area contributed by atoms with Crippen molar-refractivity contribution in [1.29, 1.82) is 0 Å². The number of non-ortho nitro benzene ring substituents is 1. The number of hydrogen-bond donors (Lipinski definition) is 2. The van der Waals surface area contributed by atoms with Gasteiger partial charge < -0.3 is 8.37 Å². The molecule has 1 heterocycles. The van der Waals surface area contributed by atoms with Crippen molar-refractivity contribution in [2.24, 2.45) is 0 Å². The van der Waals surface area contributed by atoms with Gasteiger partial charge in [-0.3, -0.25) is 29.3 Å². The van der Waals surface area contributed by atoms with Crippen LogP contribution in [0.4, 0.5) is 11.4 Å². The molecule has 4 rings (SSSR count). The lowest BCUT2D eigenvalue weighted by Crippen LogP contribution is -2.43. The number of rotatable bonds is 9.